The third-order valence-corrected chi connectivity index (χ3v) is 2.97. The summed E-state index contributed by atoms with van der Waals surface area (Å²) in [6.45, 7) is 5.32. The average Bonchev–Trinajstić information content (AvgIpc) is 2.83. The van der Waals surface area contributed by atoms with Crippen LogP contribution in [0.15, 0.2) is 17.8 Å². The van der Waals surface area contributed by atoms with E-state index in [4.69, 9.17) is 0 Å². The number of rotatable bonds is 4. The SMILES string of the molecule is CC(C)CNc1nc(-c2cnn(C)c2)cs1. The Morgan fingerprint density at radius 2 is 2.31 bits per heavy atom. The van der Waals surface area contributed by atoms with Crippen molar-refractivity contribution in [3.63, 3.8) is 0 Å². The highest BCUT2D eigenvalue weighted by molar-refractivity contribution is 7.14. The van der Waals surface area contributed by atoms with Crippen molar-refractivity contribution in [3.05, 3.63) is 17.8 Å². The minimum absolute atomic E-state index is 0.630. The number of nitrogens with one attached hydrogen (secondary N) is 1. The third kappa shape index (κ3) is 2.61. The smallest absolute Gasteiger partial charge is 0.183 e. The van der Waals surface area contributed by atoms with Gasteiger partial charge in [-0.3, -0.25) is 4.68 Å². The first-order valence-electron chi connectivity index (χ1n) is 5.33. The van der Waals surface area contributed by atoms with Gasteiger partial charge in [0.25, 0.3) is 0 Å². The average molecular weight is 236 g/mol. The van der Waals surface area contributed by atoms with Crippen LogP contribution in [0.25, 0.3) is 11.3 Å². The van der Waals surface area contributed by atoms with Gasteiger partial charge in [-0.1, -0.05) is 13.8 Å². The predicted octanol–water partition coefficient (Wildman–Crippen LogP) is 2.61. The van der Waals surface area contributed by atoms with E-state index in [1.807, 2.05) is 19.4 Å². The van der Waals surface area contributed by atoms with Crippen LogP contribution in [0.2, 0.25) is 0 Å². The lowest BCUT2D eigenvalue weighted by atomic mass is 10.2. The van der Waals surface area contributed by atoms with E-state index in [2.05, 4.69) is 34.6 Å². The molecule has 0 bridgehead atoms. The Bertz CT molecular complexity index is 458. The lowest BCUT2D eigenvalue weighted by Gasteiger charge is -2.04. The first-order valence-corrected chi connectivity index (χ1v) is 6.21. The van der Waals surface area contributed by atoms with Gasteiger partial charge in [-0.05, 0) is 5.92 Å². The Hall–Kier alpha value is -1.36. The molecular weight excluding hydrogens is 220 g/mol. The van der Waals surface area contributed by atoms with Crippen LogP contribution >= 0.6 is 11.3 Å². The van der Waals surface area contributed by atoms with Crippen molar-refractivity contribution in [1.82, 2.24) is 14.8 Å². The number of anilines is 1. The van der Waals surface area contributed by atoms with Gasteiger partial charge in [-0.25, -0.2) is 4.98 Å². The quantitative estimate of drug-likeness (QED) is 0.887. The fourth-order valence-electron chi connectivity index (χ4n) is 1.33. The fraction of sp³-hybridized carbons (Fsp3) is 0.455. The molecule has 0 atom stereocenters. The van der Waals surface area contributed by atoms with Gasteiger partial charge >= 0.3 is 0 Å². The summed E-state index contributed by atoms with van der Waals surface area (Å²) in [5, 5.41) is 10.5. The van der Waals surface area contributed by atoms with Gasteiger partial charge in [-0.2, -0.15) is 5.10 Å². The van der Waals surface area contributed by atoms with Gasteiger partial charge in [0, 0.05) is 30.7 Å². The number of aryl methyl sites for hydroxylation is 1. The van der Waals surface area contributed by atoms with Gasteiger partial charge in [0.15, 0.2) is 5.13 Å². The molecule has 0 amide bonds. The maximum Gasteiger partial charge on any atom is 0.183 e. The van der Waals surface area contributed by atoms with Gasteiger partial charge in [0.05, 0.1) is 11.9 Å². The molecule has 0 aromatic carbocycles. The van der Waals surface area contributed by atoms with Crippen molar-refractivity contribution in [1.29, 1.82) is 0 Å². The number of nitrogens with zero attached hydrogens (tertiary/aromatic N) is 3. The Balaban J connectivity index is 2.07. The number of thiazole rings is 1. The summed E-state index contributed by atoms with van der Waals surface area (Å²) in [6.07, 6.45) is 3.81. The molecule has 2 aromatic rings. The molecule has 0 fully saturated rings. The molecular formula is C11H16N4S. The molecule has 0 spiro atoms. The largest absolute Gasteiger partial charge is 0.361 e. The summed E-state index contributed by atoms with van der Waals surface area (Å²) in [7, 11) is 1.91. The summed E-state index contributed by atoms with van der Waals surface area (Å²) in [5.74, 6) is 0.630. The molecule has 0 unspecified atom stereocenters. The highest BCUT2D eigenvalue weighted by atomic mass is 32.1. The molecule has 0 saturated carbocycles. The minimum atomic E-state index is 0.630. The summed E-state index contributed by atoms with van der Waals surface area (Å²) < 4.78 is 1.79. The van der Waals surface area contributed by atoms with Crippen LogP contribution < -0.4 is 5.32 Å². The molecule has 2 rings (SSSR count). The second-order valence-electron chi connectivity index (χ2n) is 4.22. The van der Waals surface area contributed by atoms with Crippen molar-refractivity contribution in [2.75, 3.05) is 11.9 Å². The van der Waals surface area contributed by atoms with Crippen LogP contribution in [0.4, 0.5) is 5.13 Å². The van der Waals surface area contributed by atoms with Gasteiger partial charge in [-0.15, -0.1) is 11.3 Å². The maximum absolute atomic E-state index is 4.52. The number of hydrogen-bond acceptors (Lipinski definition) is 4. The molecule has 5 heteroatoms. The molecule has 16 heavy (non-hydrogen) atoms. The normalized spacial score (nSPS) is 11.0. The second-order valence-corrected chi connectivity index (χ2v) is 5.07. The summed E-state index contributed by atoms with van der Waals surface area (Å²) in [5.41, 5.74) is 2.06. The van der Waals surface area contributed by atoms with Crippen molar-refractivity contribution in [3.8, 4) is 11.3 Å². The van der Waals surface area contributed by atoms with E-state index in [0.717, 1.165) is 22.9 Å². The zero-order valence-electron chi connectivity index (χ0n) is 9.77. The summed E-state index contributed by atoms with van der Waals surface area (Å²) in [6, 6.07) is 0. The molecule has 0 radical (unpaired) electrons. The summed E-state index contributed by atoms with van der Waals surface area (Å²) in [4.78, 5) is 4.52. The standard InChI is InChI=1S/C11H16N4S/c1-8(2)4-12-11-14-10(7-16-11)9-5-13-15(3)6-9/h5-8H,4H2,1-3H3,(H,12,14). The van der Waals surface area contributed by atoms with Crippen LogP contribution in [0.5, 0.6) is 0 Å². The highest BCUT2D eigenvalue weighted by Gasteiger charge is 2.06. The Labute approximate surface area is 99.3 Å². The minimum Gasteiger partial charge on any atom is -0.361 e. The molecule has 0 saturated heterocycles. The molecule has 0 aliphatic heterocycles. The zero-order chi connectivity index (χ0) is 11.5. The number of hydrogen-bond donors (Lipinski definition) is 1. The van der Waals surface area contributed by atoms with Crippen molar-refractivity contribution in [2.45, 2.75) is 13.8 Å². The molecule has 1 N–H and O–H groups in total. The lowest BCUT2D eigenvalue weighted by molar-refractivity contribution is 0.688. The summed E-state index contributed by atoms with van der Waals surface area (Å²) >= 11 is 1.64. The second kappa shape index (κ2) is 4.65. The van der Waals surface area contributed by atoms with E-state index in [1.165, 1.54) is 0 Å². The topological polar surface area (TPSA) is 42.7 Å². The van der Waals surface area contributed by atoms with Crippen LogP contribution in [0.1, 0.15) is 13.8 Å². The van der Waals surface area contributed by atoms with E-state index in [-0.39, 0.29) is 0 Å². The lowest BCUT2D eigenvalue weighted by Crippen LogP contribution is -2.07. The maximum atomic E-state index is 4.52. The first-order chi connectivity index (χ1) is 7.65. The third-order valence-electron chi connectivity index (χ3n) is 2.17. The highest BCUT2D eigenvalue weighted by Crippen LogP contribution is 2.24. The first kappa shape index (κ1) is 11.1. The van der Waals surface area contributed by atoms with Crippen LogP contribution in [0.3, 0.4) is 0 Å². The molecule has 0 aliphatic carbocycles. The van der Waals surface area contributed by atoms with Gasteiger partial charge < -0.3 is 5.32 Å². The number of aromatic nitrogens is 3. The zero-order valence-corrected chi connectivity index (χ0v) is 10.6. The van der Waals surface area contributed by atoms with Crippen molar-refractivity contribution < 1.29 is 0 Å². The van der Waals surface area contributed by atoms with E-state index in [9.17, 15) is 0 Å². The Morgan fingerprint density at radius 1 is 1.50 bits per heavy atom. The molecule has 4 nitrogen and oxygen atoms in total. The van der Waals surface area contributed by atoms with Crippen molar-refractivity contribution in [2.24, 2.45) is 13.0 Å². The Kier molecular flexibility index (Phi) is 3.24. The Morgan fingerprint density at radius 3 is 2.94 bits per heavy atom. The molecule has 86 valence electrons. The van der Waals surface area contributed by atoms with Crippen molar-refractivity contribution >= 4 is 16.5 Å². The molecule has 0 aliphatic rings. The van der Waals surface area contributed by atoms with E-state index < -0.39 is 0 Å². The van der Waals surface area contributed by atoms with E-state index >= 15 is 0 Å². The van der Waals surface area contributed by atoms with E-state index in [0.29, 0.717) is 5.92 Å². The van der Waals surface area contributed by atoms with E-state index in [1.54, 1.807) is 16.0 Å². The van der Waals surface area contributed by atoms with Gasteiger partial charge in [0.2, 0.25) is 0 Å². The predicted molar refractivity (Wildman–Crippen MR) is 67.6 cm³/mol. The molecule has 2 aromatic heterocycles. The van der Waals surface area contributed by atoms with Crippen LogP contribution in [-0.2, 0) is 7.05 Å². The molecule has 2 heterocycles. The van der Waals surface area contributed by atoms with Crippen LogP contribution in [-0.4, -0.2) is 21.3 Å². The van der Waals surface area contributed by atoms with Crippen LogP contribution in [0, 0.1) is 5.92 Å². The monoisotopic (exact) mass is 236 g/mol. The van der Waals surface area contributed by atoms with Gasteiger partial charge in [0.1, 0.15) is 0 Å². The fourth-order valence-corrected chi connectivity index (χ4v) is 2.06.